The summed E-state index contributed by atoms with van der Waals surface area (Å²) in [7, 11) is 0. The quantitative estimate of drug-likeness (QED) is 0.764. The smallest absolute Gasteiger partial charge is 0.176 e. The first-order chi connectivity index (χ1) is 8.52. The van der Waals surface area contributed by atoms with Crippen LogP contribution >= 0.6 is 34.8 Å². The summed E-state index contributed by atoms with van der Waals surface area (Å²) in [4.78, 5) is 3.69. The normalized spacial score (nSPS) is 10.2. The largest absolute Gasteiger partial charge is 0.242 e. The van der Waals surface area contributed by atoms with Crippen LogP contribution in [0.3, 0.4) is 0 Å². The number of hydrogen-bond acceptors (Lipinski definition) is 2. The predicted molar refractivity (Wildman–Crippen MR) is 69.4 cm³/mol. The van der Waals surface area contributed by atoms with Crippen LogP contribution in [-0.4, -0.2) is 4.98 Å². The van der Waals surface area contributed by atoms with Crippen molar-refractivity contribution in [3.05, 3.63) is 51.0 Å². The van der Waals surface area contributed by atoms with Crippen molar-refractivity contribution in [2.75, 3.05) is 0 Å². The van der Waals surface area contributed by atoms with E-state index in [1.165, 1.54) is 18.3 Å². The van der Waals surface area contributed by atoms with Crippen LogP contribution in [0.25, 0.3) is 11.1 Å². The first kappa shape index (κ1) is 13.1. The molecule has 0 unspecified atom stereocenters. The fourth-order valence-corrected chi connectivity index (χ4v) is 2.51. The van der Waals surface area contributed by atoms with Gasteiger partial charge in [-0.2, -0.15) is 5.26 Å². The molecule has 2 aromatic rings. The number of rotatable bonds is 1. The molecule has 0 saturated carbocycles. The van der Waals surface area contributed by atoms with Gasteiger partial charge in [0.25, 0.3) is 0 Å². The Balaban J connectivity index is 2.63. The van der Waals surface area contributed by atoms with E-state index >= 15 is 0 Å². The number of nitriles is 1. The summed E-state index contributed by atoms with van der Waals surface area (Å²) in [5.41, 5.74) is 0.539. The molecular formula is C12H4Cl3FN2. The minimum Gasteiger partial charge on any atom is -0.242 e. The second-order valence-corrected chi connectivity index (χ2v) is 4.66. The monoisotopic (exact) mass is 300 g/mol. The maximum absolute atomic E-state index is 13.5. The first-order valence-electron chi connectivity index (χ1n) is 4.73. The van der Waals surface area contributed by atoms with Gasteiger partial charge in [0.05, 0.1) is 10.0 Å². The fourth-order valence-electron chi connectivity index (χ4n) is 1.47. The maximum Gasteiger partial charge on any atom is 0.176 e. The lowest BCUT2D eigenvalue weighted by Gasteiger charge is -2.08. The highest BCUT2D eigenvalue weighted by atomic mass is 35.5. The zero-order valence-electron chi connectivity index (χ0n) is 8.72. The summed E-state index contributed by atoms with van der Waals surface area (Å²) in [6.07, 6.45) is 1.34. The standard InChI is InChI=1S/C12H4Cl3FN2/c13-7-2-8(14)12(9(15)3-7)6-1-10(16)11(4-17)18-5-6/h1-3,5H. The SMILES string of the molecule is N#Cc1ncc(-c2c(Cl)cc(Cl)cc2Cl)cc1F. The van der Waals surface area contributed by atoms with Crippen molar-refractivity contribution < 1.29 is 4.39 Å². The second-order valence-electron chi connectivity index (χ2n) is 3.41. The molecule has 18 heavy (non-hydrogen) atoms. The minimum atomic E-state index is -0.725. The summed E-state index contributed by atoms with van der Waals surface area (Å²) in [5.74, 6) is -0.725. The molecule has 0 amide bonds. The van der Waals surface area contributed by atoms with Crippen LogP contribution in [0, 0.1) is 17.1 Å². The highest BCUT2D eigenvalue weighted by Gasteiger charge is 2.13. The van der Waals surface area contributed by atoms with Gasteiger partial charge < -0.3 is 0 Å². The van der Waals surface area contributed by atoms with Gasteiger partial charge in [0, 0.05) is 22.3 Å². The predicted octanol–water partition coefficient (Wildman–Crippen LogP) is 4.72. The van der Waals surface area contributed by atoms with Crippen molar-refractivity contribution in [2.24, 2.45) is 0 Å². The molecule has 0 spiro atoms. The van der Waals surface area contributed by atoms with Crippen molar-refractivity contribution in [1.29, 1.82) is 5.26 Å². The van der Waals surface area contributed by atoms with E-state index in [0.717, 1.165) is 6.07 Å². The zero-order valence-corrected chi connectivity index (χ0v) is 11.0. The molecule has 1 aromatic heterocycles. The Hall–Kier alpha value is -1.34. The minimum absolute atomic E-state index is 0.278. The first-order valence-corrected chi connectivity index (χ1v) is 5.87. The lowest BCUT2D eigenvalue weighted by atomic mass is 10.1. The Morgan fingerprint density at radius 3 is 2.22 bits per heavy atom. The topological polar surface area (TPSA) is 36.7 Å². The highest BCUT2D eigenvalue weighted by Crippen LogP contribution is 2.37. The van der Waals surface area contributed by atoms with Gasteiger partial charge in [-0.15, -0.1) is 0 Å². The van der Waals surface area contributed by atoms with Gasteiger partial charge >= 0.3 is 0 Å². The molecule has 6 heteroatoms. The molecule has 0 aliphatic heterocycles. The van der Waals surface area contributed by atoms with E-state index in [-0.39, 0.29) is 5.69 Å². The van der Waals surface area contributed by atoms with E-state index in [2.05, 4.69) is 4.98 Å². The van der Waals surface area contributed by atoms with Crippen LogP contribution in [-0.2, 0) is 0 Å². The molecule has 0 bridgehead atoms. The van der Waals surface area contributed by atoms with Crippen LogP contribution < -0.4 is 0 Å². The van der Waals surface area contributed by atoms with E-state index in [0.29, 0.717) is 26.2 Å². The van der Waals surface area contributed by atoms with E-state index in [1.807, 2.05) is 0 Å². The number of pyridine rings is 1. The molecule has 0 N–H and O–H groups in total. The van der Waals surface area contributed by atoms with Crippen LogP contribution in [0.2, 0.25) is 15.1 Å². The molecular weight excluding hydrogens is 298 g/mol. The van der Waals surface area contributed by atoms with E-state index in [4.69, 9.17) is 40.1 Å². The number of nitrogens with zero attached hydrogens (tertiary/aromatic N) is 2. The molecule has 1 aromatic carbocycles. The molecule has 0 aliphatic carbocycles. The molecule has 0 saturated heterocycles. The Bertz CT molecular complexity index is 642. The van der Waals surface area contributed by atoms with Crippen molar-refractivity contribution in [3.8, 4) is 17.2 Å². The Morgan fingerprint density at radius 2 is 1.72 bits per heavy atom. The fraction of sp³-hybridized carbons (Fsp3) is 0. The van der Waals surface area contributed by atoms with Gasteiger partial charge in [-0.25, -0.2) is 9.37 Å². The lowest BCUT2D eigenvalue weighted by Crippen LogP contribution is -1.91. The summed E-state index contributed by atoms with van der Waals surface area (Å²) in [6, 6.07) is 5.80. The van der Waals surface area contributed by atoms with Crippen LogP contribution in [0.5, 0.6) is 0 Å². The van der Waals surface area contributed by atoms with Crippen molar-refractivity contribution in [3.63, 3.8) is 0 Å². The molecule has 0 atom stereocenters. The number of aromatic nitrogens is 1. The highest BCUT2D eigenvalue weighted by molar-refractivity contribution is 6.41. The molecule has 0 aliphatic rings. The summed E-state index contributed by atoms with van der Waals surface area (Å²) in [5, 5.41) is 9.57. The van der Waals surface area contributed by atoms with E-state index in [9.17, 15) is 4.39 Å². The Kier molecular flexibility index (Phi) is 3.72. The number of hydrogen-bond donors (Lipinski definition) is 0. The van der Waals surface area contributed by atoms with Crippen molar-refractivity contribution >= 4 is 34.8 Å². The van der Waals surface area contributed by atoms with Gasteiger partial charge in [-0.05, 0) is 18.2 Å². The average molecular weight is 302 g/mol. The third-order valence-corrected chi connectivity index (χ3v) is 3.06. The Morgan fingerprint density at radius 1 is 1.11 bits per heavy atom. The van der Waals surface area contributed by atoms with Gasteiger partial charge in [0.2, 0.25) is 0 Å². The van der Waals surface area contributed by atoms with Crippen LogP contribution in [0.1, 0.15) is 5.69 Å². The van der Waals surface area contributed by atoms with Crippen LogP contribution in [0.15, 0.2) is 24.4 Å². The molecule has 2 nitrogen and oxygen atoms in total. The third kappa shape index (κ3) is 2.41. The molecule has 2 rings (SSSR count). The summed E-state index contributed by atoms with van der Waals surface area (Å²) in [6.45, 7) is 0. The van der Waals surface area contributed by atoms with E-state index < -0.39 is 5.82 Å². The van der Waals surface area contributed by atoms with Crippen LogP contribution in [0.4, 0.5) is 4.39 Å². The molecule has 0 radical (unpaired) electrons. The number of benzene rings is 1. The lowest BCUT2D eigenvalue weighted by molar-refractivity contribution is 0.617. The zero-order chi connectivity index (χ0) is 13.3. The van der Waals surface area contributed by atoms with Crippen molar-refractivity contribution in [1.82, 2.24) is 4.98 Å². The number of halogens is 4. The average Bonchev–Trinajstić information content (AvgIpc) is 2.27. The van der Waals surface area contributed by atoms with Gasteiger partial charge in [0.1, 0.15) is 6.07 Å². The molecule has 1 heterocycles. The summed E-state index contributed by atoms with van der Waals surface area (Å²) >= 11 is 17.8. The summed E-state index contributed by atoms with van der Waals surface area (Å²) < 4.78 is 13.5. The maximum atomic E-state index is 13.5. The van der Waals surface area contributed by atoms with Crippen molar-refractivity contribution in [2.45, 2.75) is 0 Å². The molecule has 0 fully saturated rings. The molecule has 90 valence electrons. The Labute approximate surface area is 118 Å². The van der Waals surface area contributed by atoms with Gasteiger partial charge in [-0.1, -0.05) is 34.8 Å². The van der Waals surface area contributed by atoms with E-state index in [1.54, 1.807) is 6.07 Å². The third-order valence-electron chi connectivity index (χ3n) is 2.24. The van der Waals surface area contributed by atoms with Gasteiger partial charge in [-0.3, -0.25) is 0 Å². The van der Waals surface area contributed by atoms with Gasteiger partial charge in [0.15, 0.2) is 11.5 Å². The second kappa shape index (κ2) is 5.11.